The first kappa shape index (κ1) is 12.7. The normalized spacial score (nSPS) is 12.9. The molecule has 0 saturated heterocycles. The van der Waals surface area contributed by atoms with Crippen LogP contribution in [0.1, 0.15) is 21.5 Å². The number of rotatable bonds is 2. The van der Waals surface area contributed by atoms with Crippen LogP contribution in [-0.4, -0.2) is 11.7 Å². The number of fused-ring (bicyclic) bond motifs is 1. The minimum Gasteiger partial charge on any atom is -0.398 e. The number of ketones is 1. The van der Waals surface area contributed by atoms with Crippen LogP contribution in [0.5, 0.6) is 0 Å². The lowest BCUT2D eigenvalue weighted by Gasteiger charge is -2.07. The molecule has 1 heterocycles. The number of halogens is 1. The Labute approximate surface area is 120 Å². The van der Waals surface area contributed by atoms with Gasteiger partial charge in [0.15, 0.2) is 5.78 Å². The smallest absolute Gasteiger partial charge is 0.228 e. The highest BCUT2D eigenvalue weighted by atomic mass is 35.5. The monoisotopic (exact) mass is 286 g/mol. The summed E-state index contributed by atoms with van der Waals surface area (Å²) in [5.74, 6) is -0.265. The van der Waals surface area contributed by atoms with Crippen molar-refractivity contribution in [3.8, 4) is 0 Å². The van der Waals surface area contributed by atoms with E-state index in [4.69, 9.17) is 17.3 Å². The third-order valence-electron chi connectivity index (χ3n) is 3.25. The summed E-state index contributed by atoms with van der Waals surface area (Å²) in [6.07, 6.45) is 0.293. The Morgan fingerprint density at radius 1 is 1.20 bits per heavy atom. The Kier molecular flexibility index (Phi) is 2.95. The molecule has 2 aromatic rings. The fourth-order valence-electron chi connectivity index (χ4n) is 2.25. The third-order valence-corrected chi connectivity index (χ3v) is 3.49. The molecule has 3 rings (SSSR count). The van der Waals surface area contributed by atoms with Crippen molar-refractivity contribution in [1.29, 1.82) is 0 Å². The Bertz CT molecular complexity index is 741. The van der Waals surface area contributed by atoms with Crippen molar-refractivity contribution in [2.75, 3.05) is 11.1 Å². The van der Waals surface area contributed by atoms with Gasteiger partial charge in [0.1, 0.15) is 0 Å². The maximum atomic E-state index is 12.5. The minimum atomic E-state index is -0.202. The summed E-state index contributed by atoms with van der Waals surface area (Å²) in [5.41, 5.74) is 8.64. The fraction of sp³-hybridized carbons (Fsp3) is 0.0667. The lowest BCUT2D eigenvalue weighted by Crippen LogP contribution is -2.05. The van der Waals surface area contributed by atoms with E-state index in [1.165, 1.54) is 0 Å². The summed E-state index contributed by atoms with van der Waals surface area (Å²) in [6, 6.07) is 9.92. The van der Waals surface area contributed by atoms with Gasteiger partial charge < -0.3 is 11.1 Å². The molecule has 0 aromatic heterocycles. The van der Waals surface area contributed by atoms with Gasteiger partial charge in [-0.1, -0.05) is 11.6 Å². The molecule has 20 heavy (non-hydrogen) atoms. The van der Waals surface area contributed by atoms with Gasteiger partial charge in [-0.25, -0.2) is 0 Å². The van der Waals surface area contributed by atoms with Gasteiger partial charge in [-0.3, -0.25) is 9.59 Å². The standard InChI is InChI=1S/C15H11ClN2O2/c16-10-2-3-12(17)11(7-10)15(20)8-1-4-13-9(5-8)6-14(19)18-13/h1-5,7H,6,17H2,(H,18,19). The van der Waals surface area contributed by atoms with Crippen molar-refractivity contribution in [3.05, 3.63) is 58.1 Å². The minimum absolute atomic E-state index is 0.0631. The molecule has 1 amide bonds. The molecule has 100 valence electrons. The Morgan fingerprint density at radius 3 is 2.80 bits per heavy atom. The van der Waals surface area contributed by atoms with Gasteiger partial charge in [-0.2, -0.15) is 0 Å². The van der Waals surface area contributed by atoms with Crippen molar-refractivity contribution in [3.63, 3.8) is 0 Å². The third kappa shape index (κ3) is 2.14. The second kappa shape index (κ2) is 4.65. The van der Waals surface area contributed by atoms with Crippen molar-refractivity contribution >= 4 is 34.7 Å². The quantitative estimate of drug-likeness (QED) is 0.658. The summed E-state index contributed by atoms with van der Waals surface area (Å²) in [4.78, 5) is 23.8. The van der Waals surface area contributed by atoms with E-state index in [1.807, 2.05) is 0 Å². The lowest BCUT2D eigenvalue weighted by molar-refractivity contribution is -0.115. The predicted molar refractivity (Wildman–Crippen MR) is 78.1 cm³/mol. The molecule has 0 saturated carbocycles. The highest BCUT2D eigenvalue weighted by Crippen LogP contribution is 2.27. The molecule has 0 aliphatic carbocycles. The number of nitrogens with one attached hydrogen (secondary N) is 1. The van der Waals surface area contributed by atoms with Crippen molar-refractivity contribution < 1.29 is 9.59 Å². The zero-order valence-corrected chi connectivity index (χ0v) is 11.2. The maximum absolute atomic E-state index is 12.5. The second-order valence-electron chi connectivity index (χ2n) is 4.66. The van der Waals surface area contributed by atoms with Crippen LogP contribution in [0.3, 0.4) is 0 Å². The molecule has 0 fully saturated rings. The van der Waals surface area contributed by atoms with Gasteiger partial charge in [0.05, 0.1) is 6.42 Å². The highest BCUT2D eigenvalue weighted by molar-refractivity contribution is 6.31. The van der Waals surface area contributed by atoms with Gasteiger partial charge in [0.2, 0.25) is 5.91 Å². The van der Waals surface area contributed by atoms with E-state index < -0.39 is 0 Å². The number of hydrogen-bond donors (Lipinski definition) is 2. The van der Waals surface area contributed by atoms with Gasteiger partial charge in [0, 0.05) is 27.5 Å². The first-order valence-electron chi connectivity index (χ1n) is 6.07. The van der Waals surface area contributed by atoms with Crippen LogP contribution in [0.4, 0.5) is 11.4 Å². The van der Waals surface area contributed by atoms with E-state index >= 15 is 0 Å². The molecule has 0 unspecified atom stereocenters. The van der Waals surface area contributed by atoms with Crippen LogP contribution < -0.4 is 11.1 Å². The van der Waals surface area contributed by atoms with E-state index in [0.717, 1.165) is 11.3 Å². The van der Waals surface area contributed by atoms with E-state index in [9.17, 15) is 9.59 Å². The molecule has 1 aliphatic rings. The average Bonchev–Trinajstić information content (AvgIpc) is 2.79. The molecule has 0 radical (unpaired) electrons. The number of benzene rings is 2. The predicted octanol–water partition coefficient (Wildman–Crippen LogP) is 2.65. The summed E-state index contributed by atoms with van der Waals surface area (Å²) < 4.78 is 0. The lowest BCUT2D eigenvalue weighted by atomic mass is 9.99. The maximum Gasteiger partial charge on any atom is 0.228 e. The number of nitrogens with two attached hydrogens (primary N) is 1. The van der Waals surface area contributed by atoms with Gasteiger partial charge in [-0.05, 0) is 42.0 Å². The van der Waals surface area contributed by atoms with E-state index in [1.54, 1.807) is 36.4 Å². The molecule has 0 atom stereocenters. The Balaban J connectivity index is 2.01. The number of anilines is 2. The summed E-state index contributed by atoms with van der Waals surface area (Å²) >= 11 is 5.90. The Hall–Kier alpha value is -2.33. The number of amides is 1. The van der Waals surface area contributed by atoms with Crippen molar-refractivity contribution in [2.24, 2.45) is 0 Å². The molecular weight excluding hydrogens is 276 g/mol. The Morgan fingerprint density at radius 2 is 2.00 bits per heavy atom. The summed E-state index contributed by atoms with van der Waals surface area (Å²) in [6.45, 7) is 0. The van der Waals surface area contributed by atoms with Crippen LogP contribution in [0.25, 0.3) is 0 Å². The number of carbonyl (C=O) groups is 2. The van der Waals surface area contributed by atoms with Gasteiger partial charge in [-0.15, -0.1) is 0 Å². The molecule has 0 bridgehead atoms. The molecular formula is C15H11ClN2O2. The molecule has 0 spiro atoms. The first-order valence-corrected chi connectivity index (χ1v) is 6.45. The van der Waals surface area contributed by atoms with E-state index in [-0.39, 0.29) is 11.7 Å². The van der Waals surface area contributed by atoms with Crippen LogP contribution in [0.15, 0.2) is 36.4 Å². The van der Waals surface area contributed by atoms with E-state index in [2.05, 4.69) is 5.32 Å². The summed E-state index contributed by atoms with van der Waals surface area (Å²) in [7, 11) is 0. The zero-order chi connectivity index (χ0) is 14.3. The average molecular weight is 287 g/mol. The zero-order valence-electron chi connectivity index (χ0n) is 10.4. The SMILES string of the molecule is Nc1ccc(Cl)cc1C(=O)c1ccc2c(c1)CC(=O)N2. The largest absolute Gasteiger partial charge is 0.398 e. The summed E-state index contributed by atoms with van der Waals surface area (Å²) in [5, 5.41) is 3.19. The number of carbonyl (C=O) groups excluding carboxylic acids is 2. The molecule has 4 nitrogen and oxygen atoms in total. The van der Waals surface area contributed by atoms with Crippen LogP contribution in [0, 0.1) is 0 Å². The van der Waals surface area contributed by atoms with Gasteiger partial charge >= 0.3 is 0 Å². The first-order chi connectivity index (χ1) is 9.54. The second-order valence-corrected chi connectivity index (χ2v) is 5.09. The molecule has 5 heteroatoms. The van der Waals surface area contributed by atoms with Gasteiger partial charge in [0.25, 0.3) is 0 Å². The van der Waals surface area contributed by atoms with Crippen molar-refractivity contribution in [1.82, 2.24) is 0 Å². The van der Waals surface area contributed by atoms with E-state index in [0.29, 0.717) is 28.3 Å². The number of nitrogen functional groups attached to an aromatic ring is 1. The van der Waals surface area contributed by atoms with Crippen molar-refractivity contribution in [2.45, 2.75) is 6.42 Å². The molecule has 1 aliphatic heterocycles. The highest BCUT2D eigenvalue weighted by Gasteiger charge is 2.20. The molecule has 2 aromatic carbocycles. The topological polar surface area (TPSA) is 72.2 Å². The fourth-order valence-corrected chi connectivity index (χ4v) is 2.42. The van der Waals surface area contributed by atoms with Crippen LogP contribution >= 0.6 is 11.6 Å². The number of hydrogen-bond acceptors (Lipinski definition) is 3. The van der Waals surface area contributed by atoms with Crippen LogP contribution in [0.2, 0.25) is 5.02 Å². The van der Waals surface area contributed by atoms with Crippen LogP contribution in [-0.2, 0) is 11.2 Å². The molecule has 3 N–H and O–H groups in total.